The topological polar surface area (TPSA) is 35.5 Å². The number of hydrogen-bond donors (Lipinski definition) is 0. The number of rotatable bonds is 2. The highest BCUT2D eigenvalue weighted by atomic mass is 16.5. The van der Waals surface area contributed by atoms with Gasteiger partial charge in [0.2, 0.25) is 0 Å². The molecule has 0 radical (unpaired) electrons. The molecule has 3 nitrogen and oxygen atoms in total. The summed E-state index contributed by atoms with van der Waals surface area (Å²) in [5.74, 6) is 5.30. The minimum Gasteiger partial charge on any atom is -0.491 e. The Morgan fingerprint density at radius 1 is 1.25 bits per heavy atom. The minimum absolute atomic E-state index is 0.145. The molecule has 0 heterocycles. The van der Waals surface area contributed by atoms with Gasteiger partial charge in [-0.1, -0.05) is 5.92 Å². The fourth-order valence-electron chi connectivity index (χ4n) is 1.06. The molecule has 0 aliphatic rings. The lowest BCUT2D eigenvalue weighted by atomic mass is 10.2. The summed E-state index contributed by atoms with van der Waals surface area (Å²) in [4.78, 5) is 10.8. The van der Waals surface area contributed by atoms with Gasteiger partial charge in [0.25, 0.3) is 0 Å². The first-order valence-electron chi connectivity index (χ1n) is 4.98. The molecule has 3 heteroatoms. The number of ether oxygens (including phenoxy) is 2. The molecular formula is C13H14O3. The van der Waals surface area contributed by atoms with Gasteiger partial charge in [0.15, 0.2) is 0 Å². The van der Waals surface area contributed by atoms with Crippen molar-refractivity contribution in [3.63, 3.8) is 0 Å². The van der Waals surface area contributed by atoms with E-state index < -0.39 is 5.97 Å². The Bertz CT molecular complexity index is 407. The van der Waals surface area contributed by atoms with Gasteiger partial charge in [-0.15, -0.1) is 0 Å². The van der Waals surface area contributed by atoms with Gasteiger partial charge >= 0.3 is 5.97 Å². The summed E-state index contributed by atoms with van der Waals surface area (Å²) in [5.41, 5.74) is 0.751. The van der Waals surface area contributed by atoms with Crippen molar-refractivity contribution in [2.45, 2.75) is 20.0 Å². The molecule has 16 heavy (non-hydrogen) atoms. The highest BCUT2D eigenvalue weighted by Gasteiger charge is 1.96. The second-order valence-electron chi connectivity index (χ2n) is 3.43. The second kappa shape index (κ2) is 5.82. The third-order valence-electron chi connectivity index (χ3n) is 1.72. The quantitative estimate of drug-likeness (QED) is 0.562. The lowest BCUT2D eigenvalue weighted by Gasteiger charge is -2.08. The summed E-state index contributed by atoms with van der Waals surface area (Å²) in [6.45, 7) is 3.93. The van der Waals surface area contributed by atoms with Gasteiger partial charge in [0.1, 0.15) is 5.75 Å². The van der Waals surface area contributed by atoms with E-state index in [2.05, 4.69) is 16.6 Å². The Labute approximate surface area is 95.4 Å². The van der Waals surface area contributed by atoms with Gasteiger partial charge in [-0.25, -0.2) is 4.79 Å². The van der Waals surface area contributed by atoms with E-state index in [4.69, 9.17) is 4.74 Å². The largest absolute Gasteiger partial charge is 0.491 e. The Morgan fingerprint density at radius 3 is 2.38 bits per heavy atom. The Balaban J connectivity index is 2.70. The van der Waals surface area contributed by atoms with Crippen LogP contribution in [0.3, 0.4) is 0 Å². The molecule has 0 N–H and O–H groups in total. The van der Waals surface area contributed by atoms with E-state index >= 15 is 0 Å². The molecule has 0 bridgehead atoms. The van der Waals surface area contributed by atoms with E-state index in [1.807, 2.05) is 26.0 Å². The van der Waals surface area contributed by atoms with Crippen LogP contribution in [0.2, 0.25) is 0 Å². The zero-order chi connectivity index (χ0) is 12.0. The lowest BCUT2D eigenvalue weighted by molar-refractivity contribution is -0.133. The van der Waals surface area contributed by atoms with Crippen LogP contribution in [0.25, 0.3) is 0 Å². The van der Waals surface area contributed by atoms with Gasteiger partial charge in [0, 0.05) is 11.5 Å². The maximum Gasteiger partial charge on any atom is 0.384 e. The normalized spacial score (nSPS) is 9.25. The predicted octanol–water partition coefficient (Wildman–Crippen LogP) is 2.00. The molecular weight excluding hydrogens is 204 g/mol. The van der Waals surface area contributed by atoms with Crippen LogP contribution < -0.4 is 4.74 Å². The molecule has 0 aromatic heterocycles. The number of carbonyl (C=O) groups excluding carboxylic acids is 1. The van der Waals surface area contributed by atoms with Crippen LogP contribution in [0.15, 0.2) is 24.3 Å². The van der Waals surface area contributed by atoms with E-state index in [0.29, 0.717) is 0 Å². The van der Waals surface area contributed by atoms with Gasteiger partial charge in [-0.2, -0.15) is 0 Å². The first-order chi connectivity index (χ1) is 7.61. The molecule has 0 amide bonds. The van der Waals surface area contributed by atoms with Crippen LogP contribution in [-0.4, -0.2) is 19.2 Å². The van der Waals surface area contributed by atoms with Crippen molar-refractivity contribution in [2.24, 2.45) is 0 Å². The van der Waals surface area contributed by atoms with Crippen molar-refractivity contribution in [3.8, 4) is 17.6 Å². The monoisotopic (exact) mass is 218 g/mol. The summed E-state index contributed by atoms with van der Waals surface area (Å²) < 4.78 is 9.89. The number of esters is 1. The highest BCUT2D eigenvalue weighted by molar-refractivity contribution is 5.88. The molecule has 0 aliphatic carbocycles. The standard InChI is InChI=1S/C13H14O3/c1-10(2)16-12-7-4-11(5-8-12)6-9-13(14)15-3/h4-5,7-8,10H,1-3H3. The van der Waals surface area contributed by atoms with Crippen molar-refractivity contribution < 1.29 is 14.3 Å². The van der Waals surface area contributed by atoms with Crippen molar-refractivity contribution in [1.29, 1.82) is 0 Å². The maximum absolute atomic E-state index is 10.8. The summed E-state index contributed by atoms with van der Waals surface area (Å²) in [5, 5.41) is 0. The molecule has 0 spiro atoms. The van der Waals surface area contributed by atoms with Gasteiger partial charge in [-0.05, 0) is 38.1 Å². The van der Waals surface area contributed by atoms with Gasteiger partial charge in [-0.3, -0.25) is 0 Å². The zero-order valence-corrected chi connectivity index (χ0v) is 9.61. The lowest BCUT2D eigenvalue weighted by Crippen LogP contribution is -2.05. The molecule has 1 rings (SSSR count). The maximum atomic E-state index is 10.8. The van der Waals surface area contributed by atoms with E-state index in [1.54, 1.807) is 12.1 Å². The molecule has 0 fully saturated rings. The predicted molar refractivity (Wildman–Crippen MR) is 61.1 cm³/mol. The van der Waals surface area contributed by atoms with E-state index in [9.17, 15) is 4.79 Å². The SMILES string of the molecule is COC(=O)C#Cc1ccc(OC(C)C)cc1. The van der Waals surface area contributed by atoms with E-state index in [-0.39, 0.29) is 6.10 Å². The molecule has 0 saturated carbocycles. The van der Waals surface area contributed by atoms with Crippen molar-refractivity contribution in [1.82, 2.24) is 0 Å². The van der Waals surface area contributed by atoms with Crippen LogP contribution in [0, 0.1) is 11.8 Å². The number of hydrogen-bond acceptors (Lipinski definition) is 3. The number of carbonyl (C=O) groups is 1. The highest BCUT2D eigenvalue weighted by Crippen LogP contribution is 2.12. The first kappa shape index (κ1) is 12.1. The molecule has 0 atom stereocenters. The Hall–Kier alpha value is -1.95. The van der Waals surface area contributed by atoms with Crippen LogP contribution in [-0.2, 0) is 9.53 Å². The molecule has 0 aliphatic heterocycles. The van der Waals surface area contributed by atoms with E-state index in [0.717, 1.165) is 11.3 Å². The van der Waals surface area contributed by atoms with Gasteiger partial charge < -0.3 is 9.47 Å². The van der Waals surface area contributed by atoms with E-state index in [1.165, 1.54) is 7.11 Å². The fourth-order valence-corrected chi connectivity index (χ4v) is 1.06. The third kappa shape index (κ3) is 4.05. The number of benzene rings is 1. The Morgan fingerprint density at radius 2 is 1.88 bits per heavy atom. The zero-order valence-electron chi connectivity index (χ0n) is 9.61. The minimum atomic E-state index is -0.539. The van der Waals surface area contributed by atoms with Crippen molar-refractivity contribution >= 4 is 5.97 Å². The summed E-state index contributed by atoms with van der Waals surface area (Å²) in [6, 6.07) is 7.24. The fraction of sp³-hybridized carbons (Fsp3) is 0.308. The average Bonchev–Trinajstić information content (AvgIpc) is 2.27. The number of methoxy groups -OCH3 is 1. The molecule has 84 valence electrons. The molecule has 0 saturated heterocycles. The van der Waals surface area contributed by atoms with Crippen molar-refractivity contribution in [2.75, 3.05) is 7.11 Å². The van der Waals surface area contributed by atoms with Crippen LogP contribution in [0.4, 0.5) is 0 Å². The second-order valence-corrected chi connectivity index (χ2v) is 3.43. The summed E-state index contributed by atoms with van der Waals surface area (Å²) in [7, 11) is 1.30. The molecule has 0 unspecified atom stereocenters. The summed E-state index contributed by atoms with van der Waals surface area (Å²) in [6.07, 6.45) is 0.145. The smallest absolute Gasteiger partial charge is 0.384 e. The van der Waals surface area contributed by atoms with Crippen molar-refractivity contribution in [3.05, 3.63) is 29.8 Å². The molecule has 1 aromatic rings. The first-order valence-corrected chi connectivity index (χ1v) is 4.98. The Kier molecular flexibility index (Phi) is 4.41. The third-order valence-corrected chi connectivity index (χ3v) is 1.72. The van der Waals surface area contributed by atoms with Crippen LogP contribution in [0.1, 0.15) is 19.4 Å². The summed E-state index contributed by atoms with van der Waals surface area (Å²) >= 11 is 0. The van der Waals surface area contributed by atoms with Crippen LogP contribution in [0.5, 0.6) is 5.75 Å². The molecule has 1 aromatic carbocycles. The average molecular weight is 218 g/mol. The van der Waals surface area contributed by atoms with Crippen LogP contribution >= 0.6 is 0 Å². The van der Waals surface area contributed by atoms with Gasteiger partial charge in [0.05, 0.1) is 13.2 Å².